The van der Waals surface area contributed by atoms with Gasteiger partial charge < -0.3 is 4.90 Å². The van der Waals surface area contributed by atoms with E-state index >= 15 is 0 Å². The van der Waals surface area contributed by atoms with Crippen molar-refractivity contribution in [2.75, 3.05) is 26.2 Å². The summed E-state index contributed by atoms with van der Waals surface area (Å²) in [4.78, 5) is 15.5. The number of carbonyl (C=O) groups excluding carboxylic acids is 1. The first-order valence-electron chi connectivity index (χ1n) is 12.2. The molecule has 2 aliphatic rings. The van der Waals surface area contributed by atoms with Crippen LogP contribution in [0.4, 0.5) is 0 Å². The van der Waals surface area contributed by atoms with Crippen molar-refractivity contribution in [1.29, 1.82) is 0 Å². The standard InChI is InChI=1S/C27H36N2O3S/c1-21-8-11-26(22(2)20-21)33(31,32)29-18-14-25(15-19-29)27(30)28-16-12-24(13-17-28)10-9-23-6-4-3-5-7-23/h3-8,11,20,24-25H,9-10,12-19H2,1-2H3. The molecule has 2 aromatic rings. The highest BCUT2D eigenvalue weighted by Crippen LogP contribution is 2.29. The van der Waals surface area contributed by atoms with E-state index in [9.17, 15) is 13.2 Å². The van der Waals surface area contributed by atoms with Crippen molar-refractivity contribution < 1.29 is 13.2 Å². The summed E-state index contributed by atoms with van der Waals surface area (Å²) in [6.07, 6.45) is 5.64. The van der Waals surface area contributed by atoms with Crippen molar-refractivity contribution in [3.8, 4) is 0 Å². The number of sulfonamides is 1. The van der Waals surface area contributed by atoms with E-state index in [4.69, 9.17) is 0 Å². The van der Waals surface area contributed by atoms with E-state index in [1.54, 1.807) is 10.4 Å². The molecular weight excluding hydrogens is 432 g/mol. The van der Waals surface area contributed by atoms with E-state index in [-0.39, 0.29) is 11.8 Å². The van der Waals surface area contributed by atoms with Gasteiger partial charge >= 0.3 is 0 Å². The number of aryl methyl sites for hydroxylation is 3. The Bertz CT molecular complexity index is 1050. The fraction of sp³-hybridized carbons (Fsp3) is 0.519. The molecule has 0 atom stereocenters. The predicted molar refractivity (Wildman–Crippen MR) is 131 cm³/mol. The third kappa shape index (κ3) is 5.67. The Labute approximate surface area is 198 Å². The lowest BCUT2D eigenvalue weighted by Crippen LogP contribution is -2.46. The van der Waals surface area contributed by atoms with Crippen LogP contribution in [0, 0.1) is 25.7 Å². The molecule has 2 heterocycles. The molecule has 0 saturated carbocycles. The van der Waals surface area contributed by atoms with Crippen molar-refractivity contribution >= 4 is 15.9 Å². The minimum absolute atomic E-state index is 0.0589. The summed E-state index contributed by atoms with van der Waals surface area (Å²) in [6, 6.07) is 16.1. The lowest BCUT2D eigenvalue weighted by Gasteiger charge is -2.37. The first-order chi connectivity index (χ1) is 15.8. The molecule has 0 aromatic heterocycles. The fourth-order valence-corrected chi connectivity index (χ4v) is 6.96. The summed E-state index contributed by atoms with van der Waals surface area (Å²) in [5.41, 5.74) is 3.22. The number of likely N-dealkylation sites (tertiary alicyclic amines) is 1. The van der Waals surface area contributed by atoms with Gasteiger partial charge in [-0.05, 0) is 75.5 Å². The largest absolute Gasteiger partial charge is 0.342 e. The van der Waals surface area contributed by atoms with Crippen LogP contribution in [0.1, 0.15) is 48.8 Å². The molecule has 0 spiro atoms. The van der Waals surface area contributed by atoms with Crippen molar-refractivity contribution in [2.24, 2.45) is 11.8 Å². The fourth-order valence-electron chi connectivity index (χ4n) is 5.29. The molecule has 33 heavy (non-hydrogen) atoms. The second-order valence-electron chi connectivity index (χ2n) is 9.74. The first kappa shape index (κ1) is 24.0. The van der Waals surface area contributed by atoms with Gasteiger partial charge in [0.1, 0.15) is 0 Å². The average Bonchev–Trinajstić information content (AvgIpc) is 2.83. The van der Waals surface area contributed by atoms with Gasteiger partial charge in [-0.15, -0.1) is 0 Å². The lowest BCUT2D eigenvalue weighted by atomic mass is 9.89. The van der Waals surface area contributed by atoms with Crippen LogP contribution in [0.2, 0.25) is 0 Å². The molecule has 0 aliphatic carbocycles. The van der Waals surface area contributed by atoms with Gasteiger partial charge in [-0.1, -0.05) is 48.0 Å². The highest BCUT2D eigenvalue weighted by atomic mass is 32.2. The van der Waals surface area contributed by atoms with E-state index in [1.807, 2.05) is 30.9 Å². The van der Waals surface area contributed by atoms with Gasteiger partial charge in [0.15, 0.2) is 0 Å². The summed E-state index contributed by atoms with van der Waals surface area (Å²) >= 11 is 0. The number of benzene rings is 2. The molecule has 2 fully saturated rings. The van der Waals surface area contributed by atoms with E-state index in [1.165, 1.54) is 12.0 Å². The van der Waals surface area contributed by atoms with Gasteiger partial charge in [0.2, 0.25) is 15.9 Å². The first-order valence-corrected chi connectivity index (χ1v) is 13.7. The van der Waals surface area contributed by atoms with Crippen molar-refractivity contribution in [3.63, 3.8) is 0 Å². The lowest BCUT2D eigenvalue weighted by molar-refractivity contribution is -0.138. The SMILES string of the molecule is Cc1ccc(S(=O)(=O)N2CCC(C(=O)N3CCC(CCc4ccccc4)CC3)CC2)c(C)c1. The minimum atomic E-state index is -3.51. The number of hydrogen-bond donors (Lipinski definition) is 0. The molecule has 6 heteroatoms. The number of piperidine rings is 2. The summed E-state index contributed by atoms with van der Waals surface area (Å²) in [7, 11) is -3.51. The number of amides is 1. The molecule has 2 aromatic carbocycles. The number of carbonyl (C=O) groups is 1. The highest BCUT2D eigenvalue weighted by molar-refractivity contribution is 7.89. The molecular formula is C27H36N2O3S. The van der Waals surface area contributed by atoms with Gasteiger partial charge in [0, 0.05) is 32.1 Å². The normalized spacial score (nSPS) is 19.0. The minimum Gasteiger partial charge on any atom is -0.342 e. The number of hydrogen-bond acceptors (Lipinski definition) is 3. The Morgan fingerprint density at radius 1 is 0.909 bits per heavy atom. The van der Waals surface area contributed by atoms with Crippen molar-refractivity contribution in [2.45, 2.75) is 57.3 Å². The molecule has 178 valence electrons. The number of nitrogens with zero attached hydrogens (tertiary/aromatic N) is 2. The van der Waals surface area contributed by atoms with Crippen LogP contribution in [0.15, 0.2) is 53.4 Å². The molecule has 0 radical (unpaired) electrons. The van der Waals surface area contributed by atoms with Crippen molar-refractivity contribution in [3.05, 3.63) is 65.2 Å². The molecule has 0 bridgehead atoms. The maximum absolute atomic E-state index is 13.1. The maximum atomic E-state index is 13.1. The Balaban J connectivity index is 1.26. The zero-order valence-electron chi connectivity index (χ0n) is 19.9. The van der Waals surface area contributed by atoms with Gasteiger partial charge in [0.05, 0.1) is 4.90 Å². The van der Waals surface area contributed by atoms with Crippen LogP contribution < -0.4 is 0 Å². The molecule has 1 amide bonds. The van der Waals surface area contributed by atoms with Crippen LogP contribution in [-0.4, -0.2) is 49.7 Å². The van der Waals surface area contributed by atoms with E-state index in [0.717, 1.165) is 43.5 Å². The molecule has 0 N–H and O–H groups in total. The zero-order valence-corrected chi connectivity index (χ0v) is 20.7. The summed E-state index contributed by atoms with van der Waals surface area (Å²) in [5, 5.41) is 0. The second kappa shape index (κ2) is 10.4. The maximum Gasteiger partial charge on any atom is 0.243 e. The molecule has 0 unspecified atom stereocenters. The van der Waals surface area contributed by atoms with E-state index < -0.39 is 10.0 Å². The third-order valence-corrected chi connectivity index (χ3v) is 9.42. The summed E-state index contributed by atoms with van der Waals surface area (Å²) < 4.78 is 27.8. The zero-order chi connectivity index (χ0) is 23.4. The van der Waals surface area contributed by atoms with Crippen LogP contribution in [0.3, 0.4) is 0 Å². The van der Waals surface area contributed by atoms with Gasteiger partial charge in [-0.3, -0.25) is 4.79 Å². The third-order valence-electron chi connectivity index (χ3n) is 7.36. The molecule has 2 aliphatic heterocycles. The number of rotatable bonds is 6. The quantitative estimate of drug-likeness (QED) is 0.624. The highest BCUT2D eigenvalue weighted by Gasteiger charge is 2.35. The Morgan fingerprint density at radius 3 is 2.21 bits per heavy atom. The van der Waals surface area contributed by atoms with Crippen LogP contribution >= 0.6 is 0 Å². The van der Waals surface area contributed by atoms with Gasteiger partial charge in [-0.25, -0.2) is 8.42 Å². The monoisotopic (exact) mass is 468 g/mol. The smallest absolute Gasteiger partial charge is 0.243 e. The van der Waals surface area contributed by atoms with Crippen molar-refractivity contribution in [1.82, 2.24) is 9.21 Å². The van der Waals surface area contributed by atoms with Crippen LogP contribution in [0.5, 0.6) is 0 Å². The Morgan fingerprint density at radius 2 is 1.58 bits per heavy atom. The van der Waals surface area contributed by atoms with Gasteiger partial charge in [-0.2, -0.15) is 4.31 Å². The van der Waals surface area contributed by atoms with Gasteiger partial charge in [0.25, 0.3) is 0 Å². The Hall–Kier alpha value is -2.18. The predicted octanol–water partition coefficient (Wildman–Crippen LogP) is 4.58. The van der Waals surface area contributed by atoms with E-state index in [2.05, 4.69) is 30.3 Å². The topological polar surface area (TPSA) is 57.7 Å². The van der Waals surface area contributed by atoms with Crippen LogP contribution in [0.25, 0.3) is 0 Å². The second-order valence-corrected chi connectivity index (χ2v) is 11.6. The molecule has 5 nitrogen and oxygen atoms in total. The van der Waals surface area contributed by atoms with E-state index in [0.29, 0.717) is 36.7 Å². The molecule has 2 saturated heterocycles. The molecule has 4 rings (SSSR count). The average molecular weight is 469 g/mol. The Kier molecular flexibility index (Phi) is 7.55. The van der Waals surface area contributed by atoms with Crippen LogP contribution in [-0.2, 0) is 21.2 Å². The summed E-state index contributed by atoms with van der Waals surface area (Å²) in [6.45, 7) is 6.31. The summed E-state index contributed by atoms with van der Waals surface area (Å²) in [5.74, 6) is 0.843.